The molecule has 144 valence electrons. The van der Waals surface area contributed by atoms with Crippen LogP contribution in [-0.4, -0.2) is 11.8 Å². The molecule has 0 aliphatic carbocycles. The lowest BCUT2D eigenvalue weighted by molar-refractivity contribution is -0.147. The third-order valence-electron chi connectivity index (χ3n) is 4.63. The molecule has 3 nitrogen and oxygen atoms in total. The summed E-state index contributed by atoms with van der Waals surface area (Å²) in [6.07, 6.45) is 7.48. The van der Waals surface area contributed by atoms with Crippen molar-refractivity contribution in [2.45, 2.75) is 64.4 Å². The molecule has 0 radical (unpaired) electrons. The summed E-state index contributed by atoms with van der Waals surface area (Å²) in [5.74, 6) is -0.489. The number of rotatable bonds is 12. The predicted octanol–water partition coefficient (Wildman–Crippen LogP) is 6.29. The molecule has 0 spiro atoms. The SMILES string of the molecule is CCCCCCCCCC(=O)OC(C(=O)c1ccccc1)c1ccccc1. The number of Topliss-reactive ketones (excluding diaryl/α,β-unsaturated/α-hetero) is 1. The molecule has 0 fully saturated rings. The fourth-order valence-corrected chi connectivity index (χ4v) is 3.07. The first kappa shape index (κ1) is 20.9. The average molecular weight is 367 g/mol. The fourth-order valence-electron chi connectivity index (χ4n) is 3.07. The Labute approximate surface area is 162 Å². The molecule has 2 aromatic rings. The molecule has 0 heterocycles. The van der Waals surface area contributed by atoms with Gasteiger partial charge in [-0.1, -0.05) is 106 Å². The van der Waals surface area contributed by atoms with Crippen molar-refractivity contribution in [3.63, 3.8) is 0 Å². The molecule has 0 amide bonds. The highest BCUT2D eigenvalue weighted by atomic mass is 16.5. The number of benzene rings is 2. The molecule has 2 aromatic carbocycles. The average Bonchev–Trinajstić information content (AvgIpc) is 2.72. The summed E-state index contributed by atoms with van der Waals surface area (Å²) >= 11 is 0. The van der Waals surface area contributed by atoms with E-state index in [1.807, 2.05) is 48.5 Å². The van der Waals surface area contributed by atoms with Crippen LogP contribution in [0.15, 0.2) is 60.7 Å². The maximum Gasteiger partial charge on any atom is 0.306 e. The molecule has 0 aliphatic heterocycles. The molecule has 1 atom stereocenters. The maximum absolute atomic E-state index is 12.9. The van der Waals surface area contributed by atoms with Gasteiger partial charge in [0, 0.05) is 17.5 Å². The highest BCUT2D eigenvalue weighted by molar-refractivity contribution is 6.00. The lowest BCUT2D eigenvalue weighted by Crippen LogP contribution is -2.20. The van der Waals surface area contributed by atoms with Crippen LogP contribution in [0.5, 0.6) is 0 Å². The van der Waals surface area contributed by atoms with Crippen LogP contribution in [0.1, 0.15) is 80.3 Å². The van der Waals surface area contributed by atoms with Gasteiger partial charge in [0.15, 0.2) is 6.10 Å². The highest BCUT2D eigenvalue weighted by Crippen LogP contribution is 2.23. The Morgan fingerprint density at radius 1 is 0.778 bits per heavy atom. The second kappa shape index (κ2) is 12.1. The third kappa shape index (κ3) is 7.38. The molecule has 0 aliphatic rings. The van der Waals surface area contributed by atoms with Gasteiger partial charge >= 0.3 is 5.97 Å². The van der Waals surface area contributed by atoms with E-state index in [1.54, 1.807) is 12.1 Å². The molecule has 0 saturated carbocycles. The lowest BCUT2D eigenvalue weighted by Gasteiger charge is -2.17. The van der Waals surface area contributed by atoms with E-state index in [1.165, 1.54) is 25.7 Å². The number of hydrogen-bond acceptors (Lipinski definition) is 3. The van der Waals surface area contributed by atoms with Crippen molar-refractivity contribution in [3.8, 4) is 0 Å². The minimum absolute atomic E-state index is 0.185. The van der Waals surface area contributed by atoms with Crippen molar-refractivity contribution in [1.29, 1.82) is 0 Å². The summed E-state index contributed by atoms with van der Waals surface area (Å²) < 4.78 is 5.61. The van der Waals surface area contributed by atoms with E-state index in [2.05, 4.69) is 6.92 Å². The fraction of sp³-hybridized carbons (Fsp3) is 0.417. The van der Waals surface area contributed by atoms with Gasteiger partial charge in [0.25, 0.3) is 0 Å². The van der Waals surface area contributed by atoms with Crippen molar-refractivity contribution in [2.24, 2.45) is 0 Å². The van der Waals surface area contributed by atoms with E-state index in [4.69, 9.17) is 4.74 Å². The molecule has 3 heteroatoms. The standard InChI is InChI=1S/C24H30O3/c1-2-3-4-5-6-7-14-19-22(25)27-24(21-17-12-9-13-18-21)23(26)20-15-10-8-11-16-20/h8-13,15-18,24H,2-7,14,19H2,1H3. The van der Waals surface area contributed by atoms with E-state index in [9.17, 15) is 9.59 Å². The molecule has 0 aromatic heterocycles. The minimum Gasteiger partial charge on any atom is -0.449 e. The first-order valence-corrected chi connectivity index (χ1v) is 10.1. The van der Waals surface area contributed by atoms with Crippen LogP contribution in [0.3, 0.4) is 0 Å². The largest absolute Gasteiger partial charge is 0.449 e. The van der Waals surface area contributed by atoms with Crippen LogP contribution in [-0.2, 0) is 9.53 Å². The summed E-state index contributed by atoms with van der Waals surface area (Å²) in [5.41, 5.74) is 1.26. The summed E-state index contributed by atoms with van der Waals surface area (Å²) in [6, 6.07) is 18.2. The van der Waals surface area contributed by atoms with E-state index < -0.39 is 6.10 Å². The van der Waals surface area contributed by atoms with Crippen LogP contribution < -0.4 is 0 Å². The van der Waals surface area contributed by atoms with Gasteiger partial charge in [0.05, 0.1) is 0 Å². The summed E-state index contributed by atoms with van der Waals surface area (Å²) in [5, 5.41) is 0. The summed E-state index contributed by atoms with van der Waals surface area (Å²) in [7, 11) is 0. The number of esters is 1. The van der Waals surface area contributed by atoms with Gasteiger partial charge in [-0.05, 0) is 6.42 Å². The van der Waals surface area contributed by atoms with Gasteiger partial charge in [-0.25, -0.2) is 0 Å². The Kier molecular flexibility index (Phi) is 9.33. The normalized spacial score (nSPS) is 11.7. The Morgan fingerprint density at radius 2 is 1.33 bits per heavy atom. The number of ketones is 1. The minimum atomic E-state index is -0.884. The van der Waals surface area contributed by atoms with Crippen molar-refractivity contribution >= 4 is 11.8 Å². The molecule has 0 N–H and O–H groups in total. The number of carbonyl (C=O) groups is 2. The highest BCUT2D eigenvalue weighted by Gasteiger charge is 2.25. The third-order valence-corrected chi connectivity index (χ3v) is 4.63. The Morgan fingerprint density at radius 3 is 1.96 bits per heavy atom. The van der Waals surface area contributed by atoms with Crippen LogP contribution in [0.25, 0.3) is 0 Å². The Hall–Kier alpha value is -2.42. The van der Waals surface area contributed by atoms with E-state index >= 15 is 0 Å². The van der Waals surface area contributed by atoms with Crippen molar-refractivity contribution in [1.82, 2.24) is 0 Å². The number of ether oxygens (including phenoxy) is 1. The predicted molar refractivity (Wildman–Crippen MR) is 109 cm³/mol. The van der Waals surface area contributed by atoms with Crippen molar-refractivity contribution in [2.75, 3.05) is 0 Å². The number of hydrogen-bond donors (Lipinski definition) is 0. The maximum atomic E-state index is 12.9. The van der Waals surface area contributed by atoms with E-state index in [0.717, 1.165) is 19.3 Å². The monoisotopic (exact) mass is 366 g/mol. The second-order valence-corrected chi connectivity index (χ2v) is 6.88. The first-order chi connectivity index (χ1) is 13.2. The van der Waals surface area contributed by atoms with Crippen LogP contribution in [0.4, 0.5) is 0 Å². The second-order valence-electron chi connectivity index (χ2n) is 6.88. The van der Waals surface area contributed by atoms with Gasteiger partial charge in [-0.15, -0.1) is 0 Å². The first-order valence-electron chi connectivity index (χ1n) is 10.1. The van der Waals surface area contributed by atoms with Gasteiger partial charge in [-0.2, -0.15) is 0 Å². The zero-order valence-corrected chi connectivity index (χ0v) is 16.2. The Balaban J connectivity index is 1.91. The quantitative estimate of drug-likeness (QED) is 0.252. The Bertz CT molecular complexity index is 679. The van der Waals surface area contributed by atoms with Crippen LogP contribution in [0.2, 0.25) is 0 Å². The lowest BCUT2D eigenvalue weighted by atomic mass is 10.00. The number of unbranched alkanes of at least 4 members (excludes halogenated alkanes) is 6. The van der Waals surface area contributed by atoms with Crippen molar-refractivity contribution < 1.29 is 14.3 Å². The zero-order chi connectivity index (χ0) is 19.3. The molecule has 27 heavy (non-hydrogen) atoms. The van der Waals surface area contributed by atoms with E-state index in [-0.39, 0.29) is 11.8 Å². The molecule has 1 unspecified atom stereocenters. The van der Waals surface area contributed by atoms with E-state index in [0.29, 0.717) is 17.5 Å². The smallest absolute Gasteiger partial charge is 0.306 e. The zero-order valence-electron chi connectivity index (χ0n) is 16.2. The molecule has 0 bridgehead atoms. The van der Waals surface area contributed by atoms with Gasteiger partial charge in [-0.3, -0.25) is 9.59 Å². The van der Waals surface area contributed by atoms with Gasteiger partial charge in [0.1, 0.15) is 0 Å². The summed E-state index contributed by atoms with van der Waals surface area (Å²) in [6.45, 7) is 2.20. The topological polar surface area (TPSA) is 43.4 Å². The van der Waals surface area contributed by atoms with Crippen LogP contribution in [0, 0.1) is 0 Å². The molecule has 0 saturated heterocycles. The van der Waals surface area contributed by atoms with Crippen LogP contribution >= 0.6 is 0 Å². The molecular weight excluding hydrogens is 336 g/mol. The summed E-state index contributed by atoms with van der Waals surface area (Å²) in [4.78, 5) is 25.2. The number of carbonyl (C=O) groups excluding carboxylic acids is 2. The van der Waals surface area contributed by atoms with Crippen molar-refractivity contribution in [3.05, 3.63) is 71.8 Å². The van der Waals surface area contributed by atoms with Gasteiger partial charge < -0.3 is 4.74 Å². The molecular formula is C24H30O3. The van der Waals surface area contributed by atoms with Gasteiger partial charge in [0.2, 0.25) is 5.78 Å². The molecule has 2 rings (SSSR count).